The molecule has 1 saturated carbocycles. The maximum absolute atomic E-state index is 11.2. The summed E-state index contributed by atoms with van der Waals surface area (Å²) in [6.07, 6.45) is 4.95. The van der Waals surface area contributed by atoms with Gasteiger partial charge in [-0.3, -0.25) is 0 Å². The van der Waals surface area contributed by atoms with Crippen molar-refractivity contribution < 1.29 is 8.42 Å². The van der Waals surface area contributed by atoms with E-state index in [1.54, 1.807) is 12.1 Å². The summed E-state index contributed by atoms with van der Waals surface area (Å²) in [4.78, 5) is 0.377. The average Bonchev–Trinajstić information content (AvgIpc) is 2.11. The third kappa shape index (κ3) is 2.50. The van der Waals surface area contributed by atoms with Crippen molar-refractivity contribution in [2.75, 3.05) is 11.6 Å². The first-order chi connectivity index (χ1) is 7.05. The topological polar surface area (TPSA) is 46.2 Å². The fourth-order valence-electron chi connectivity index (χ4n) is 1.59. The summed E-state index contributed by atoms with van der Waals surface area (Å²) < 4.78 is 22.4. The Labute approximate surface area is 90.4 Å². The summed E-state index contributed by atoms with van der Waals surface area (Å²) >= 11 is 0. The molecule has 82 valence electrons. The molecule has 0 atom stereocenters. The summed E-state index contributed by atoms with van der Waals surface area (Å²) in [6.45, 7) is 0. The number of hydrogen-bond acceptors (Lipinski definition) is 3. The molecule has 0 aliphatic heterocycles. The van der Waals surface area contributed by atoms with E-state index in [1.165, 1.54) is 25.5 Å². The first-order valence-electron chi connectivity index (χ1n) is 5.12. The number of anilines is 1. The highest BCUT2D eigenvalue weighted by Gasteiger charge is 2.16. The lowest BCUT2D eigenvalue weighted by Gasteiger charge is -2.27. The fraction of sp³-hybridized carbons (Fsp3) is 0.455. The highest BCUT2D eigenvalue weighted by molar-refractivity contribution is 7.90. The van der Waals surface area contributed by atoms with Crippen LogP contribution in [0.4, 0.5) is 5.69 Å². The molecule has 1 aliphatic rings. The molecule has 4 heteroatoms. The Kier molecular flexibility index (Phi) is 2.69. The lowest BCUT2D eigenvalue weighted by atomic mass is 9.93. The molecule has 0 bridgehead atoms. The van der Waals surface area contributed by atoms with Crippen LogP contribution in [-0.2, 0) is 9.84 Å². The average molecular weight is 225 g/mol. The van der Waals surface area contributed by atoms with Gasteiger partial charge < -0.3 is 5.32 Å². The van der Waals surface area contributed by atoms with E-state index in [9.17, 15) is 8.42 Å². The Morgan fingerprint density at radius 2 is 1.80 bits per heavy atom. The molecule has 1 N–H and O–H groups in total. The SMILES string of the molecule is CS(=O)(=O)c1ccc(NC2CCC2)cc1. The van der Waals surface area contributed by atoms with Gasteiger partial charge >= 0.3 is 0 Å². The maximum Gasteiger partial charge on any atom is 0.175 e. The van der Waals surface area contributed by atoms with Gasteiger partial charge in [-0.15, -0.1) is 0 Å². The minimum atomic E-state index is -3.07. The molecule has 0 saturated heterocycles. The standard InChI is InChI=1S/C11H15NO2S/c1-15(13,14)11-7-5-10(6-8-11)12-9-3-2-4-9/h5-9,12H,2-4H2,1H3. The van der Waals surface area contributed by atoms with Crippen molar-refractivity contribution in [3.63, 3.8) is 0 Å². The molecule has 3 nitrogen and oxygen atoms in total. The molecular formula is C11H15NO2S. The van der Waals surface area contributed by atoms with Crippen molar-refractivity contribution in [1.82, 2.24) is 0 Å². The van der Waals surface area contributed by atoms with E-state index in [0.29, 0.717) is 10.9 Å². The van der Waals surface area contributed by atoms with E-state index in [2.05, 4.69) is 5.32 Å². The number of rotatable bonds is 3. The van der Waals surface area contributed by atoms with Gasteiger partial charge in [0.15, 0.2) is 9.84 Å². The molecule has 0 aromatic heterocycles. The molecule has 15 heavy (non-hydrogen) atoms. The lowest BCUT2D eigenvalue weighted by Crippen LogP contribution is -2.26. The molecule has 1 aromatic carbocycles. The highest BCUT2D eigenvalue weighted by atomic mass is 32.2. The van der Waals surface area contributed by atoms with Crippen LogP contribution in [0.5, 0.6) is 0 Å². The second kappa shape index (κ2) is 3.85. The fourth-order valence-corrected chi connectivity index (χ4v) is 2.22. The Balaban J connectivity index is 2.09. The summed E-state index contributed by atoms with van der Waals surface area (Å²) in [7, 11) is -3.07. The Hall–Kier alpha value is -1.03. The van der Waals surface area contributed by atoms with Crippen molar-refractivity contribution in [2.45, 2.75) is 30.2 Å². The lowest BCUT2D eigenvalue weighted by molar-refractivity contribution is 0.445. The minimum absolute atomic E-state index is 0.377. The molecule has 1 aromatic rings. The van der Waals surface area contributed by atoms with Crippen LogP contribution in [0.15, 0.2) is 29.2 Å². The van der Waals surface area contributed by atoms with Crippen LogP contribution in [0.1, 0.15) is 19.3 Å². The van der Waals surface area contributed by atoms with Crippen molar-refractivity contribution in [3.8, 4) is 0 Å². The van der Waals surface area contributed by atoms with E-state index in [0.717, 1.165) is 5.69 Å². The number of nitrogens with one attached hydrogen (secondary N) is 1. The van der Waals surface area contributed by atoms with Crippen LogP contribution in [0.2, 0.25) is 0 Å². The first-order valence-corrected chi connectivity index (χ1v) is 7.01. The third-order valence-electron chi connectivity index (χ3n) is 2.76. The first kappa shape index (κ1) is 10.5. The van der Waals surface area contributed by atoms with Crippen LogP contribution < -0.4 is 5.32 Å². The largest absolute Gasteiger partial charge is 0.382 e. The smallest absolute Gasteiger partial charge is 0.175 e. The highest BCUT2D eigenvalue weighted by Crippen LogP contribution is 2.23. The van der Waals surface area contributed by atoms with E-state index >= 15 is 0 Å². The third-order valence-corrected chi connectivity index (χ3v) is 3.89. The van der Waals surface area contributed by atoms with E-state index in [-0.39, 0.29) is 0 Å². The van der Waals surface area contributed by atoms with Crippen LogP contribution in [0, 0.1) is 0 Å². The second-order valence-corrected chi connectivity index (χ2v) is 6.08. The number of sulfone groups is 1. The van der Waals surface area contributed by atoms with Crippen molar-refractivity contribution in [3.05, 3.63) is 24.3 Å². The normalized spacial score (nSPS) is 17.1. The summed E-state index contributed by atoms with van der Waals surface area (Å²) in [5, 5.41) is 3.36. The van der Waals surface area contributed by atoms with Gasteiger partial charge in [-0.2, -0.15) is 0 Å². The summed E-state index contributed by atoms with van der Waals surface area (Å²) in [6, 6.07) is 7.53. The predicted molar refractivity (Wildman–Crippen MR) is 60.8 cm³/mol. The second-order valence-electron chi connectivity index (χ2n) is 4.07. The Morgan fingerprint density at radius 3 is 2.20 bits per heavy atom. The van der Waals surface area contributed by atoms with Gasteiger partial charge in [-0.1, -0.05) is 0 Å². The monoisotopic (exact) mass is 225 g/mol. The molecular weight excluding hydrogens is 210 g/mol. The zero-order valence-electron chi connectivity index (χ0n) is 8.73. The molecule has 1 aliphatic carbocycles. The molecule has 0 radical (unpaired) electrons. The Bertz CT molecular complexity index is 432. The molecule has 0 spiro atoms. The van der Waals surface area contributed by atoms with Crippen LogP contribution >= 0.6 is 0 Å². The predicted octanol–water partition coefficient (Wildman–Crippen LogP) is 2.05. The molecule has 0 unspecified atom stereocenters. The minimum Gasteiger partial charge on any atom is -0.382 e. The Morgan fingerprint density at radius 1 is 1.20 bits per heavy atom. The summed E-state index contributed by atoms with van der Waals surface area (Å²) in [5.74, 6) is 0. The maximum atomic E-state index is 11.2. The van der Waals surface area contributed by atoms with Crippen molar-refractivity contribution >= 4 is 15.5 Å². The molecule has 0 heterocycles. The van der Waals surface area contributed by atoms with Gasteiger partial charge in [0, 0.05) is 18.0 Å². The van der Waals surface area contributed by atoms with E-state index in [1.807, 2.05) is 12.1 Å². The van der Waals surface area contributed by atoms with E-state index < -0.39 is 9.84 Å². The van der Waals surface area contributed by atoms with E-state index in [4.69, 9.17) is 0 Å². The van der Waals surface area contributed by atoms with Gasteiger partial charge in [0.2, 0.25) is 0 Å². The number of hydrogen-bond donors (Lipinski definition) is 1. The van der Waals surface area contributed by atoms with Crippen LogP contribution in [0.3, 0.4) is 0 Å². The van der Waals surface area contributed by atoms with Gasteiger partial charge in [-0.25, -0.2) is 8.42 Å². The zero-order valence-corrected chi connectivity index (χ0v) is 9.55. The quantitative estimate of drug-likeness (QED) is 0.856. The van der Waals surface area contributed by atoms with Gasteiger partial charge in [0.1, 0.15) is 0 Å². The molecule has 0 amide bonds. The van der Waals surface area contributed by atoms with Crippen LogP contribution in [0.25, 0.3) is 0 Å². The number of benzene rings is 1. The van der Waals surface area contributed by atoms with Gasteiger partial charge in [-0.05, 0) is 43.5 Å². The van der Waals surface area contributed by atoms with Gasteiger partial charge in [0.25, 0.3) is 0 Å². The zero-order chi connectivity index (χ0) is 10.9. The van der Waals surface area contributed by atoms with Crippen molar-refractivity contribution in [1.29, 1.82) is 0 Å². The van der Waals surface area contributed by atoms with Crippen LogP contribution in [-0.4, -0.2) is 20.7 Å². The summed E-state index contributed by atoms with van der Waals surface area (Å²) in [5.41, 5.74) is 1.01. The molecule has 1 fully saturated rings. The van der Waals surface area contributed by atoms with Crippen molar-refractivity contribution in [2.24, 2.45) is 0 Å². The molecule has 2 rings (SSSR count). The van der Waals surface area contributed by atoms with Gasteiger partial charge in [0.05, 0.1) is 4.90 Å².